The molecule has 0 aromatic heterocycles. The Balaban J connectivity index is 1.80. The van der Waals surface area contributed by atoms with Gasteiger partial charge in [-0.3, -0.25) is 19.8 Å². The summed E-state index contributed by atoms with van der Waals surface area (Å²) in [5, 5.41) is 23.8. The Labute approximate surface area is 132 Å². The highest BCUT2D eigenvalue weighted by Crippen LogP contribution is 2.25. The van der Waals surface area contributed by atoms with Crippen molar-refractivity contribution in [2.24, 2.45) is 5.10 Å². The third-order valence-electron chi connectivity index (χ3n) is 3.36. The van der Waals surface area contributed by atoms with Crippen LogP contribution in [0.4, 0.5) is 5.69 Å². The van der Waals surface area contributed by atoms with Gasteiger partial charge in [0.15, 0.2) is 5.75 Å². The Morgan fingerprint density at radius 2 is 2.22 bits per heavy atom. The van der Waals surface area contributed by atoms with Gasteiger partial charge >= 0.3 is 5.69 Å². The Morgan fingerprint density at radius 1 is 1.48 bits per heavy atom. The van der Waals surface area contributed by atoms with Crippen LogP contribution in [0.5, 0.6) is 5.75 Å². The predicted molar refractivity (Wildman–Crippen MR) is 82.4 cm³/mol. The lowest BCUT2D eigenvalue weighted by Crippen LogP contribution is -2.38. The number of benzene rings is 1. The molecule has 9 heteroatoms. The maximum atomic E-state index is 11.7. The number of carbonyl (C=O) groups excluding carboxylic acids is 1. The minimum Gasteiger partial charge on any atom is -0.502 e. The number of amides is 1. The molecule has 0 atom stereocenters. The molecular formula is C14H18N4O5. The lowest BCUT2D eigenvalue weighted by molar-refractivity contribution is -0.385. The molecule has 1 aromatic rings. The number of rotatable bonds is 6. The van der Waals surface area contributed by atoms with E-state index in [2.05, 4.69) is 15.4 Å². The SMILES string of the molecule is O=C(CCN1CCOCC1)N/N=C/c1ccc(O)c([N+](=O)[O-])c1. The van der Waals surface area contributed by atoms with Gasteiger partial charge in [0.2, 0.25) is 5.91 Å². The van der Waals surface area contributed by atoms with Crippen LogP contribution in [0.1, 0.15) is 12.0 Å². The van der Waals surface area contributed by atoms with E-state index < -0.39 is 16.4 Å². The van der Waals surface area contributed by atoms with Gasteiger partial charge in [0.1, 0.15) is 0 Å². The zero-order valence-electron chi connectivity index (χ0n) is 12.5. The molecule has 23 heavy (non-hydrogen) atoms. The van der Waals surface area contributed by atoms with Crippen LogP contribution in [0.15, 0.2) is 23.3 Å². The average Bonchev–Trinajstić information content (AvgIpc) is 2.55. The summed E-state index contributed by atoms with van der Waals surface area (Å²) in [4.78, 5) is 23.8. The number of nitro groups is 1. The quantitative estimate of drug-likeness (QED) is 0.447. The smallest absolute Gasteiger partial charge is 0.311 e. The maximum absolute atomic E-state index is 11.7. The van der Waals surface area contributed by atoms with Crippen LogP contribution in [0.2, 0.25) is 0 Å². The van der Waals surface area contributed by atoms with E-state index in [1.165, 1.54) is 24.4 Å². The number of aromatic hydroxyl groups is 1. The number of hydrazone groups is 1. The fraction of sp³-hybridized carbons (Fsp3) is 0.429. The van der Waals surface area contributed by atoms with Crippen molar-refractivity contribution in [1.82, 2.24) is 10.3 Å². The molecule has 2 N–H and O–H groups in total. The molecule has 1 aromatic carbocycles. The van der Waals surface area contributed by atoms with E-state index in [4.69, 9.17) is 4.74 Å². The molecule has 1 saturated heterocycles. The number of morpholine rings is 1. The summed E-state index contributed by atoms with van der Waals surface area (Å²) in [5.74, 6) is -0.650. The maximum Gasteiger partial charge on any atom is 0.311 e. The molecule has 1 heterocycles. The third kappa shape index (κ3) is 5.31. The van der Waals surface area contributed by atoms with Gasteiger partial charge in [-0.1, -0.05) is 0 Å². The summed E-state index contributed by atoms with van der Waals surface area (Å²) in [6.45, 7) is 3.62. The predicted octanol–water partition coefficient (Wildman–Crippen LogP) is 0.473. The number of nitrogens with one attached hydrogen (secondary N) is 1. The summed E-state index contributed by atoms with van der Waals surface area (Å²) >= 11 is 0. The molecule has 2 rings (SSSR count). The summed E-state index contributed by atoms with van der Waals surface area (Å²) in [6.07, 6.45) is 1.60. The minimum atomic E-state index is -0.687. The topological polar surface area (TPSA) is 117 Å². The Hall–Kier alpha value is -2.52. The average molecular weight is 322 g/mol. The number of nitro benzene ring substituents is 1. The molecule has 124 valence electrons. The molecule has 1 fully saturated rings. The zero-order chi connectivity index (χ0) is 16.7. The van der Waals surface area contributed by atoms with Crippen molar-refractivity contribution in [3.8, 4) is 5.75 Å². The molecule has 0 radical (unpaired) electrons. The minimum absolute atomic E-state index is 0.235. The fourth-order valence-electron chi connectivity index (χ4n) is 2.09. The van der Waals surface area contributed by atoms with E-state index in [1.807, 2.05) is 0 Å². The highest BCUT2D eigenvalue weighted by Gasteiger charge is 2.13. The normalized spacial score (nSPS) is 15.7. The van der Waals surface area contributed by atoms with Crippen LogP contribution >= 0.6 is 0 Å². The molecule has 0 bridgehead atoms. The highest BCUT2D eigenvalue weighted by atomic mass is 16.6. The number of phenolic OH excluding ortho intramolecular Hbond substituents is 1. The first kappa shape index (κ1) is 16.8. The first-order chi connectivity index (χ1) is 11.1. The molecule has 9 nitrogen and oxygen atoms in total. The first-order valence-electron chi connectivity index (χ1n) is 7.15. The van der Waals surface area contributed by atoms with Gasteiger partial charge in [-0.15, -0.1) is 0 Å². The summed E-state index contributed by atoms with van der Waals surface area (Å²) in [6, 6.07) is 3.85. The van der Waals surface area contributed by atoms with Gasteiger partial charge in [0.05, 0.1) is 24.4 Å². The van der Waals surface area contributed by atoms with Crippen molar-refractivity contribution in [1.29, 1.82) is 0 Å². The van der Waals surface area contributed by atoms with Gasteiger partial charge in [-0.25, -0.2) is 5.43 Å². The lowest BCUT2D eigenvalue weighted by Gasteiger charge is -2.25. The van der Waals surface area contributed by atoms with E-state index >= 15 is 0 Å². The van der Waals surface area contributed by atoms with E-state index in [1.54, 1.807) is 0 Å². The molecule has 0 unspecified atom stereocenters. The van der Waals surface area contributed by atoms with Crippen LogP contribution in [0.3, 0.4) is 0 Å². The van der Waals surface area contributed by atoms with Crippen LogP contribution in [-0.4, -0.2) is 59.9 Å². The van der Waals surface area contributed by atoms with E-state index in [0.717, 1.165) is 13.1 Å². The monoisotopic (exact) mass is 322 g/mol. The van der Waals surface area contributed by atoms with Crippen LogP contribution in [0.25, 0.3) is 0 Å². The summed E-state index contributed by atoms with van der Waals surface area (Å²) in [7, 11) is 0. The fourth-order valence-corrected chi connectivity index (χ4v) is 2.09. The number of carbonyl (C=O) groups is 1. The van der Waals surface area contributed by atoms with Gasteiger partial charge < -0.3 is 9.84 Å². The largest absolute Gasteiger partial charge is 0.502 e. The van der Waals surface area contributed by atoms with Crippen molar-refractivity contribution < 1.29 is 19.6 Å². The van der Waals surface area contributed by atoms with Gasteiger partial charge in [-0.05, 0) is 12.1 Å². The Bertz CT molecular complexity index is 599. The summed E-state index contributed by atoms with van der Waals surface area (Å²) < 4.78 is 5.22. The number of hydrogen-bond acceptors (Lipinski definition) is 7. The second-order valence-electron chi connectivity index (χ2n) is 5.00. The highest BCUT2D eigenvalue weighted by molar-refractivity contribution is 5.83. The van der Waals surface area contributed by atoms with Crippen molar-refractivity contribution >= 4 is 17.8 Å². The third-order valence-corrected chi connectivity index (χ3v) is 3.36. The van der Waals surface area contributed by atoms with Crippen molar-refractivity contribution in [2.75, 3.05) is 32.8 Å². The molecule has 1 amide bonds. The van der Waals surface area contributed by atoms with E-state index in [-0.39, 0.29) is 5.91 Å². The zero-order valence-corrected chi connectivity index (χ0v) is 12.5. The number of phenols is 1. The second kappa shape index (κ2) is 8.20. The number of hydrogen-bond donors (Lipinski definition) is 2. The number of ether oxygens (including phenoxy) is 1. The van der Waals surface area contributed by atoms with Crippen molar-refractivity contribution in [3.05, 3.63) is 33.9 Å². The molecule has 0 aliphatic carbocycles. The van der Waals surface area contributed by atoms with Gasteiger partial charge in [-0.2, -0.15) is 5.10 Å². The Kier molecular flexibility index (Phi) is 6.01. The standard InChI is InChI=1S/C14H18N4O5/c19-13-2-1-11(9-12(13)18(21)22)10-15-16-14(20)3-4-17-5-7-23-8-6-17/h1-2,9-10,19H,3-8H2,(H,16,20)/b15-10+. The molecule has 0 saturated carbocycles. The number of nitrogens with zero attached hydrogens (tertiary/aromatic N) is 3. The van der Waals surface area contributed by atoms with Crippen LogP contribution in [0, 0.1) is 10.1 Å². The Morgan fingerprint density at radius 3 is 2.91 bits per heavy atom. The van der Waals surface area contributed by atoms with E-state index in [0.29, 0.717) is 31.7 Å². The second-order valence-corrected chi connectivity index (χ2v) is 5.00. The molecule has 1 aliphatic heterocycles. The van der Waals surface area contributed by atoms with Crippen molar-refractivity contribution in [2.45, 2.75) is 6.42 Å². The van der Waals surface area contributed by atoms with Gasteiger partial charge in [0.25, 0.3) is 0 Å². The lowest BCUT2D eigenvalue weighted by atomic mass is 10.2. The summed E-state index contributed by atoms with van der Waals surface area (Å²) in [5.41, 5.74) is 2.37. The van der Waals surface area contributed by atoms with Crippen molar-refractivity contribution in [3.63, 3.8) is 0 Å². The first-order valence-corrected chi connectivity index (χ1v) is 7.15. The molecule has 1 aliphatic rings. The van der Waals surface area contributed by atoms with Crippen LogP contribution in [-0.2, 0) is 9.53 Å². The molecular weight excluding hydrogens is 304 g/mol. The van der Waals surface area contributed by atoms with Crippen LogP contribution < -0.4 is 5.43 Å². The molecule has 0 spiro atoms. The van der Waals surface area contributed by atoms with E-state index in [9.17, 15) is 20.0 Å². The van der Waals surface area contributed by atoms with Gasteiger partial charge in [0, 0.05) is 37.7 Å².